The molecule has 0 radical (unpaired) electrons. The first-order valence-corrected chi connectivity index (χ1v) is 13.1. The third-order valence-corrected chi connectivity index (χ3v) is 7.29. The summed E-state index contributed by atoms with van der Waals surface area (Å²) in [6, 6.07) is 9.13. The summed E-state index contributed by atoms with van der Waals surface area (Å²) in [7, 11) is 1.12. The number of rotatable bonds is 7. The number of carbonyl (C=O) groups is 1. The molecule has 0 saturated carbocycles. The molecule has 0 fully saturated rings. The monoisotopic (exact) mass is 532 g/mol. The van der Waals surface area contributed by atoms with Crippen LogP contribution in [0.5, 0.6) is 5.75 Å². The van der Waals surface area contributed by atoms with E-state index in [1.54, 1.807) is 18.5 Å². The molecule has 0 aliphatic rings. The Morgan fingerprint density at radius 3 is 2.71 bits per heavy atom. The highest BCUT2D eigenvalue weighted by molar-refractivity contribution is 7.84. The van der Waals surface area contributed by atoms with Crippen LogP contribution in [0.4, 0.5) is 0 Å². The normalized spacial score (nSPS) is 12.0. The highest BCUT2D eigenvalue weighted by Crippen LogP contribution is 2.34. The molecule has 3 aromatic heterocycles. The van der Waals surface area contributed by atoms with E-state index in [0.717, 1.165) is 10.9 Å². The minimum Gasteiger partial charge on any atom is -0.491 e. The molecule has 12 heteroatoms. The first-order chi connectivity index (χ1) is 16.8. The number of aromatic nitrogens is 3. The van der Waals surface area contributed by atoms with Gasteiger partial charge in [0.05, 0.1) is 35.7 Å². The SMILES string of the molecule is COc1c(-c2csc(-c3ccc4cc(Cl)ccc4n3)n2)n(C)c(C(=O)NCCO)c(S(C)=O)c1=O. The number of aliphatic hydroxyl groups is 1. The largest absolute Gasteiger partial charge is 0.491 e. The van der Waals surface area contributed by atoms with Gasteiger partial charge in [-0.2, -0.15) is 0 Å². The number of fused-ring (bicyclic) bond motifs is 1. The topological polar surface area (TPSA) is 123 Å². The van der Waals surface area contributed by atoms with Crippen molar-refractivity contribution in [2.45, 2.75) is 4.90 Å². The van der Waals surface area contributed by atoms with Gasteiger partial charge in [0, 0.05) is 35.6 Å². The van der Waals surface area contributed by atoms with Crippen molar-refractivity contribution in [2.75, 3.05) is 26.5 Å². The van der Waals surface area contributed by atoms with Crippen LogP contribution in [0.3, 0.4) is 0 Å². The van der Waals surface area contributed by atoms with Crippen molar-refractivity contribution in [1.29, 1.82) is 0 Å². The van der Waals surface area contributed by atoms with Crippen molar-refractivity contribution >= 4 is 50.5 Å². The second-order valence-corrected chi connectivity index (χ2v) is 10.1. The maximum atomic E-state index is 13.2. The highest BCUT2D eigenvalue weighted by Gasteiger charge is 2.29. The Kier molecular flexibility index (Phi) is 7.31. The second kappa shape index (κ2) is 10.2. The molecule has 1 amide bonds. The third kappa shape index (κ3) is 4.72. The number of nitrogens with one attached hydrogen (secondary N) is 1. The number of aliphatic hydroxyl groups excluding tert-OH is 1. The van der Waals surface area contributed by atoms with Gasteiger partial charge in [0.2, 0.25) is 5.43 Å². The smallest absolute Gasteiger partial charge is 0.269 e. The lowest BCUT2D eigenvalue weighted by molar-refractivity contribution is 0.0932. The summed E-state index contributed by atoms with van der Waals surface area (Å²) in [6.07, 6.45) is 1.32. The van der Waals surface area contributed by atoms with Crippen LogP contribution in [-0.4, -0.2) is 56.3 Å². The number of pyridine rings is 2. The average molecular weight is 533 g/mol. The Labute approximate surface area is 211 Å². The highest BCUT2D eigenvalue weighted by atomic mass is 35.5. The van der Waals surface area contributed by atoms with Gasteiger partial charge in [-0.3, -0.25) is 13.8 Å². The lowest BCUT2D eigenvalue weighted by atomic mass is 10.2. The fourth-order valence-corrected chi connectivity index (χ4v) is 5.51. The quantitative estimate of drug-likeness (QED) is 0.375. The molecule has 1 unspecified atom stereocenters. The van der Waals surface area contributed by atoms with Crippen molar-refractivity contribution in [2.24, 2.45) is 7.05 Å². The van der Waals surface area contributed by atoms with Gasteiger partial charge in [0.25, 0.3) is 5.91 Å². The summed E-state index contributed by atoms with van der Waals surface area (Å²) in [5.74, 6) is -0.715. The van der Waals surface area contributed by atoms with Crippen molar-refractivity contribution in [3.8, 4) is 27.8 Å². The Balaban J connectivity index is 1.88. The lowest BCUT2D eigenvalue weighted by Gasteiger charge is -2.18. The van der Waals surface area contributed by atoms with Crippen LogP contribution in [0, 0.1) is 0 Å². The van der Waals surface area contributed by atoms with Crippen LogP contribution in [0.15, 0.2) is 45.4 Å². The standard InChI is InChI=1S/C23H21ClN4O5S2/c1-28-17(20(33-2)19(30)21(35(3)32)18(28)22(31)25-8-9-29)16-11-34-23(27-16)15-6-4-12-10-13(24)5-7-14(12)26-15/h4-7,10-11,29H,8-9H2,1-3H3,(H,25,31). The molecule has 1 aromatic carbocycles. The van der Waals surface area contributed by atoms with Gasteiger partial charge in [0.1, 0.15) is 27.0 Å². The van der Waals surface area contributed by atoms with E-state index >= 15 is 0 Å². The Morgan fingerprint density at radius 2 is 2.03 bits per heavy atom. The Morgan fingerprint density at radius 1 is 1.26 bits per heavy atom. The molecule has 0 spiro atoms. The molecular weight excluding hydrogens is 512 g/mol. The van der Waals surface area contributed by atoms with E-state index in [1.807, 2.05) is 24.3 Å². The summed E-state index contributed by atoms with van der Waals surface area (Å²) in [6.45, 7) is -0.308. The zero-order chi connectivity index (χ0) is 25.3. The zero-order valence-electron chi connectivity index (χ0n) is 19.0. The summed E-state index contributed by atoms with van der Waals surface area (Å²) >= 11 is 7.38. The molecule has 4 rings (SSSR count). The van der Waals surface area contributed by atoms with E-state index in [9.17, 15) is 13.8 Å². The first kappa shape index (κ1) is 25.0. The van der Waals surface area contributed by atoms with Gasteiger partial charge in [-0.05, 0) is 24.3 Å². The average Bonchev–Trinajstić information content (AvgIpc) is 3.32. The van der Waals surface area contributed by atoms with Crippen LogP contribution < -0.4 is 15.5 Å². The van der Waals surface area contributed by atoms with Gasteiger partial charge >= 0.3 is 0 Å². The Hall–Kier alpha value is -3.12. The number of thiazole rings is 1. The summed E-state index contributed by atoms with van der Waals surface area (Å²) in [4.78, 5) is 35.2. The molecule has 4 aromatic rings. The molecule has 9 nitrogen and oxygen atoms in total. The van der Waals surface area contributed by atoms with Crippen molar-refractivity contribution < 1.29 is 18.8 Å². The molecule has 1 atom stereocenters. The molecule has 3 heterocycles. The maximum absolute atomic E-state index is 13.2. The van der Waals surface area contributed by atoms with E-state index in [4.69, 9.17) is 21.4 Å². The first-order valence-electron chi connectivity index (χ1n) is 10.3. The third-order valence-electron chi connectivity index (χ3n) is 5.23. The molecule has 0 aliphatic carbocycles. The van der Waals surface area contributed by atoms with Gasteiger partial charge in [0.15, 0.2) is 5.75 Å². The number of benzene rings is 1. The fourth-order valence-electron chi connectivity index (χ4n) is 3.70. The number of carbonyl (C=O) groups excluding carboxylic acids is 1. The zero-order valence-corrected chi connectivity index (χ0v) is 21.4. The van der Waals surface area contributed by atoms with Crippen LogP contribution in [0.1, 0.15) is 10.5 Å². The second-order valence-electron chi connectivity index (χ2n) is 7.45. The summed E-state index contributed by atoms with van der Waals surface area (Å²) < 4.78 is 19.3. The molecule has 0 saturated heterocycles. The molecule has 0 aliphatic heterocycles. The van der Waals surface area contributed by atoms with Crippen LogP contribution in [-0.2, 0) is 17.8 Å². The van der Waals surface area contributed by atoms with Crippen molar-refractivity contribution in [3.63, 3.8) is 0 Å². The van der Waals surface area contributed by atoms with E-state index in [0.29, 0.717) is 21.4 Å². The number of halogens is 1. The van der Waals surface area contributed by atoms with Crippen LogP contribution in [0.25, 0.3) is 33.0 Å². The fraction of sp³-hybridized carbons (Fsp3) is 0.217. The maximum Gasteiger partial charge on any atom is 0.269 e. The molecule has 0 bridgehead atoms. The number of hydrogen-bond acceptors (Lipinski definition) is 8. The minimum atomic E-state index is -1.78. The van der Waals surface area contributed by atoms with Crippen LogP contribution >= 0.6 is 22.9 Å². The minimum absolute atomic E-state index is 0.0239. The van der Waals surface area contributed by atoms with Gasteiger partial charge in [-0.25, -0.2) is 9.97 Å². The van der Waals surface area contributed by atoms with Crippen molar-refractivity contribution in [3.05, 3.63) is 56.7 Å². The van der Waals surface area contributed by atoms with Gasteiger partial charge in [-0.1, -0.05) is 17.7 Å². The summed E-state index contributed by atoms with van der Waals surface area (Å²) in [5, 5.41) is 15.4. The molecule has 182 valence electrons. The van der Waals surface area contributed by atoms with Crippen molar-refractivity contribution in [1.82, 2.24) is 19.9 Å². The van der Waals surface area contributed by atoms with Gasteiger partial charge < -0.3 is 19.7 Å². The molecular formula is C23H21ClN4O5S2. The summed E-state index contributed by atoms with van der Waals surface area (Å²) in [5.41, 5.74) is 1.29. The van der Waals surface area contributed by atoms with Gasteiger partial charge in [-0.15, -0.1) is 11.3 Å². The molecule has 35 heavy (non-hydrogen) atoms. The lowest BCUT2D eigenvalue weighted by Crippen LogP contribution is -2.33. The number of ether oxygens (including phenoxy) is 1. The van der Waals surface area contributed by atoms with E-state index < -0.39 is 22.1 Å². The van der Waals surface area contributed by atoms with E-state index in [1.165, 1.54) is 29.3 Å². The number of methoxy groups -OCH3 is 1. The predicted molar refractivity (Wildman–Crippen MR) is 137 cm³/mol. The number of nitrogens with zero attached hydrogens (tertiary/aromatic N) is 3. The number of hydrogen-bond donors (Lipinski definition) is 2. The van der Waals surface area contributed by atoms with Crippen LogP contribution in [0.2, 0.25) is 5.02 Å². The predicted octanol–water partition coefficient (Wildman–Crippen LogP) is 2.85. The Bertz CT molecular complexity index is 1530. The molecule has 2 N–H and O–H groups in total. The van der Waals surface area contributed by atoms with E-state index in [-0.39, 0.29) is 35.2 Å². The van der Waals surface area contributed by atoms with E-state index in [2.05, 4.69) is 15.3 Å². The number of amides is 1.